The van der Waals surface area contributed by atoms with E-state index in [0.717, 1.165) is 21.8 Å². The number of rotatable bonds is 3. The first kappa shape index (κ1) is 20.4. The number of benzene rings is 4. The Bertz CT molecular complexity index is 1280. The molecule has 0 spiro atoms. The highest BCUT2D eigenvalue weighted by Gasteiger charge is 2.33. The molecule has 0 aliphatic heterocycles. The summed E-state index contributed by atoms with van der Waals surface area (Å²) in [7, 11) is 0. The fourth-order valence-corrected chi connectivity index (χ4v) is 6.60. The Balaban J connectivity index is 1.40. The van der Waals surface area contributed by atoms with Crippen molar-refractivity contribution in [3.63, 3.8) is 0 Å². The fraction of sp³-hybridized carbons (Fsp3) is 0.200. The molecular formula is C30H24Br2. The summed E-state index contributed by atoms with van der Waals surface area (Å²) in [4.78, 5) is 0. The number of hydrogen-bond acceptors (Lipinski definition) is 0. The molecule has 0 heterocycles. The third kappa shape index (κ3) is 3.23. The summed E-state index contributed by atoms with van der Waals surface area (Å²) in [6.45, 7) is 4.40. The van der Waals surface area contributed by atoms with Crippen LogP contribution in [-0.4, -0.2) is 0 Å². The van der Waals surface area contributed by atoms with E-state index < -0.39 is 0 Å². The summed E-state index contributed by atoms with van der Waals surface area (Å²) in [5, 5.41) is 0. The Hall–Kier alpha value is -2.16. The van der Waals surface area contributed by atoms with Crippen LogP contribution in [0.3, 0.4) is 0 Å². The van der Waals surface area contributed by atoms with Crippen LogP contribution in [0.2, 0.25) is 0 Å². The topological polar surface area (TPSA) is 0 Å². The predicted octanol–water partition coefficient (Wildman–Crippen LogP) is 9.53. The monoisotopic (exact) mass is 542 g/mol. The van der Waals surface area contributed by atoms with Crippen molar-refractivity contribution in [2.75, 3.05) is 0 Å². The molecule has 0 aromatic heterocycles. The van der Waals surface area contributed by atoms with Crippen LogP contribution in [0.25, 0.3) is 22.3 Å². The number of aryl methyl sites for hydroxylation is 2. The third-order valence-corrected chi connectivity index (χ3v) is 8.26. The summed E-state index contributed by atoms with van der Waals surface area (Å²) >= 11 is 7.43. The maximum Gasteiger partial charge on any atom is 0.0178 e. The van der Waals surface area contributed by atoms with Crippen LogP contribution >= 0.6 is 31.9 Å². The molecule has 0 saturated heterocycles. The first-order valence-electron chi connectivity index (χ1n) is 11.3. The lowest BCUT2D eigenvalue weighted by Gasteiger charge is -2.19. The second-order valence-electron chi connectivity index (χ2n) is 9.33. The van der Waals surface area contributed by atoms with E-state index >= 15 is 0 Å². The molecule has 0 radical (unpaired) electrons. The molecule has 4 aromatic rings. The Morgan fingerprint density at radius 2 is 0.938 bits per heavy atom. The van der Waals surface area contributed by atoms with Crippen LogP contribution in [0.5, 0.6) is 0 Å². The molecule has 2 aliphatic carbocycles. The summed E-state index contributed by atoms with van der Waals surface area (Å²) < 4.78 is 2.33. The van der Waals surface area contributed by atoms with E-state index in [1.54, 1.807) is 0 Å². The van der Waals surface area contributed by atoms with Crippen LogP contribution in [0.4, 0.5) is 0 Å². The van der Waals surface area contributed by atoms with Gasteiger partial charge in [0.1, 0.15) is 0 Å². The van der Waals surface area contributed by atoms with Gasteiger partial charge in [-0.05, 0) is 95.5 Å². The summed E-state index contributed by atoms with van der Waals surface area (Å²) in [5.41, 5.74) is 14.2. The van der Waals surface area contributed by atoms with Crippen molar-refractivity contribution in [3.8, 4) is 22.3 Å². The van der Waals surface area contributed by atoms with Gasteiger partial charge in [-0.1, -0.05) is 91.5 Å². The predicted molar refractivity (Wildman–Crippen MR) is 142 cm³/mol. The third-order valence-electron chi connectivity index (χ3n) is 7.27. The van der Waals surface area contributed by atoms with Gasteiger partial charge in [-0.2, -0.15) is 0 Å². The van der Waals surface area contributed by atoms with Gasteiger partial charge in [-0.25, -0.2) is 0 Å². The van der Waals surface area contributed by atoms with Crippen molar-refractivity contribution in [2.24, 2.45) is 0 Å². The van der Waals surface area contributed by atoms with Gasteiger partial charge >= 0.3 is 0 Å². The van der Waals surface area contributed by atoms with Gasteiger partial charge in [-0.3, -0.25) is 0 Å². The molecule has 0 fully saturated rings. The molecule has 0 amide bonds. The smallest absolute Gasteiger partial charge is 0.0178 e. The average molecular weight is 544 g/mol. The molecular weight excluding hydrogens is 520 g/mol. The van der Waals surface area contributed by atoms with E-state index in [2.05, 4.69) is 119 Å². The van der Waals surface area contributed by atoms with Crippen LogP contribution in [-0.2, 0) is 0 Å². The van der Waals surface area contributed by atoms with Gasteiger partial charge in [0.2, 0.25) is 0 Å². The highest BCUT2D eigenvalue weighted by Crippen LogP contribution is 2.52. The molecule has 0 atom stereocenters. The lowest BCUT2D eigenvalue weighted by Crippen LogP contribution is -2.03. The van der Waals surface area contributed by atoms with Crippen molar-refractivity contribution in [2.45, 2.75) is 38.5 Å². The molecule has 0 saturated carbocycles. The second kappa shape index (κ2) is 7.71. The summed E-state index contributed by atoms with van der Waals surface area (Å²) in [6, 6.07) is 27.6. The Labute approximate surface area is 207 Å². The van der Waals surface area contributed by atoms with Gasteiger partial charge in [-0.15, -0.1) is 0 Å². The minimum atomic E-state index is 0.429. The Morgan fingerprint density at radius 1 is 0.500 bits per heavy atom. The largest absolute Gasteiger partial charge is 0.0590 e. The molecule has 0 N–H and O–H groups in total. The normalized spacial score (nSPS) is 14.2. The van der Waals surface area contributed by atoms with Crippen molar-refractivity contribution < 1.29 is 0 Å². The lowest BCUT2D eigenvalue weighted by molar-refractivity contribution is 0.625. The van der Waals surface area contributed by atoms with Gasteiger partial charge in [0.05, 0.1) is 0 Å². The Kier molecular flexibility index (Phi) is 4.93. The zero-order valence-corrected chi connectivity index (χ0v) is 21.4. The van der Waals surface area contributed by atoms with E-state index in [-0.39, 0.29) is 0 Å². The van der Waals surface area contributed by atoms with E-state index in [9.17, 15) is 0 Å². The van der Waals surface area contributed by atoms with E-state index in [4.69, 9.17) is 0 Å². The number of halogens is 2. The van der Waals surface area contributed by atoms with Gasteiger partial charge in [0, 0.05) is 20.8 Å². The molecule has 2 heteroatoms. The highest BCUT2D eigenvalue weighted by molar-refractivity contribution is 9.10. The lowest BCUT2D eigenvalue weighted by atomic mass is 9.85. The fourth-order valence-electron chi connectivity index (χ4n) is 5.84. The van der Waals surface area contributed by atoms with Crippen molar-refractivity contribution >= 4 is 31.9 Å². The molecule has 6 rings (SSSR count). The van der Waals surface area contributed by atoms with Crippen LogP contribution in [0.15, 0.2) is 81.7 Å². The zero-order chi connectivity index (χ0) is 22.0. The average Bonchev–Trinajstić information content (AvgIpc) is 3.23. The molecule has 4 aromatic carbocycles. The van der Waals surface area contributed by atoms with Crippen molar-refractivity contribution in [1.82, 2.24) is 0 Å². The number of fused-ring (bicyclic) bond motifs is 6. The van der Waals surface area contributed by atoms with E-state index in [1.165, 1.54) is 55.6 Å². The molecule has 32 heavy (non-hydrogen) atoms. The Morgan fingerprint density at radius 3 is 1.41 bits per heavy atom. The minimum Gasteiger partial charge on any atom is -0.0590 e. The SMILES string of the molecule is Cc1ccc2c(c1)-c1cc(C)ccc1C2CCC1c2cc(Br)ccc2-c2ccc(Br)cc21. The molecule has 2 aliphatic rings. The maximum atomic E-state index is 3.72. The minimum absolute atomic E-state index is 0.429. The second-order valence-corrected chi connectivity index (χ2v) is 11.2. The van der Waals surface area contributed by atoms with Crippen molar-refractivity contribution in [1.29, 1.82) is 0 Å². The summed E-state index contributed by atoms with van der Waals surface area (Å²) in [5.74, 6) is 0.895. The quantitative estimate of drug-likeness (QED) is 0.241. The molecule has 158 valence electrons. The van der Waals surface area contributed by atoms with Crippen LogP contribution in [0, 0.1) is 13.8 Å². The highest BCUT2D eigenvalue weighted by atomic mass is 79.9. The van der Waals surface area contributed by atoms with Crippen molar-refractivity contribution in [3.05, 3.63) is 115 Å². The maximum absolute atomic E-state index is 3.72. The zero-order valence-electron chi connectivity index (χ0n) is 18.3. The van der Waals surface area contributed by atoms with E-state index in [1.807, 2.05) is 0 Å². The van der Waals surface area contributed by atoms with Gasteiger partial charge < -0.3 is 0 Å². The first-order valence-corrected chi connectivity index (χ1v) is 12.9. The molecule has 0 unspecified atom stereocenters. The molecule has 0 nitrogen and oxygen atoms in total. The summed E-state index contributed by atoms with van der Waals surface area (Å²) in [6.07, 6.45) is 2.28. The van der Waals surface area contributed by atoms with Crippen LogP contribution in [0.1, 0.15) is 58.1 Å². The van der Waals surface area contributed by atoms with Gasteiger partial charge in [0.15, 0.2) is 0 Å². The standard InChI is InChI=1S/C30H24Br2/c1-17-3-7-22-21(23-8-4-18(2)14-28(23)27(22)13-17)11-12-26-29-15-19(31)5-9-24(29)25-10-6-20(32)16-30(25)26/h3-10,13-16,21,26H,11-12H2,1-2H3. The van der Waals surface area contributed by atoms with Crippen LogP contribution < -0.4 is 0 Å². The molecule has 0 bridgehead atoms. The first-order chi connectivity index (χ1) is 15.5. The van der Waals surface area contributed by atoms with E-state index in [0.29, 0.717) is 11.8 Å². The van der Waals surface area contributed by atoms with Gasteiger partial charge in [0.25, 0.3) is 0 Å². The number of hydrogen-bond donors (Lipinski definition) is 0.